The van der Waals surface area contributed by atoms with Gasteiger partial charge in [0.2, 0.25) is 0 Å². The first kappa shape index (κ1) is 15.2. The summed E-state index contributed by atoms with van der Waals surface area (Å²) in [4.78, 5) is 26.9. The fourth-order valence-corrected chi connectivity index (χ4v) is 2.37. The number of amides is 1. The van der Waals surface area contributed by atoms with Crippen LogP contribution in [0.2, 0.25) is 0 Å². The van der Waals surface area contributed by atoms with Crippen molar-refractivity contribution in [1.82, 2.24) is 9.88 Å². The second-order valence-electron chi connectivity index (χ2n) is 4.43. The monoisotopic (exact) mass is 351 g/mol. The van der Waals surface area contributed by atoms with E-state index in [1.165, 1.54) is 12.3 Å². The van der Waals surface area contributed by atoms with Gasteiger partial charge in [0.05, 0.1) is 11.1 Å². The van der Waals surface area contributed by atoms with Crippen LogP contribution in [0, 0.1) is 10.1 Å². The van der Waals surface area contributed by atoms with Crippen LogP contribution in [0.4, 0.5) is 5.69 Å². The number of hydrogen-bond donors (Lipinski definition) is 1. The molecular formula is C14H14BrN3O3. The lowest BCUT2D eigenvalue weighted by atomic mass is 10.2. The molecule has 2 rings (SSSR count). The molecule has 1 amide bonds. The Bertz CT molecular complexity index is 627. The molecule has 0 radical (unpaired) electrons. The maximum absolute atomic E-state index is 12.4. The molecule has 0 saturated heterocycles. The van der Waals surface area contributed by atoms with Gasteiger partial charge in [0.15, 0.2) is 0 Å². The Kier molecular flexibility index (Phi) is 5.10. The van der Waals surface area contributed by atoms with Gasteiger partial charge in [0.1, 0.15) is 5.69 Å². The Morgan fingerprint density at radius 1 is 1.33 bits per heavy atom. The van der Waals surface area contributed by atoms with Gasteiger partial charge >= 0.3 is 0 Å². The Morgan fingerprint density at radius 3 is 2.62 bits per heavy atom. The fourth-order valence-electron chi connectivity index (χ4n) is 1.94. The maximum Gasteiger partial charge on any atom is 0.287 e. The quantitative estimate of drug-likeness (QED) is 0.493. The van der Waals surface area contributed by atoms with Crippen molar-refractivity contribution in [3.05, 3.63) is 64.0 Å². The van der Waals surface area contributed by atoms with Crippen molar-refractivity contribution in [2.24, 2.45) is 0 Å². The van der Waals surface area contributed by atoms with Crippen LogP contribution in [0.5, 0.6) is 0 Å². The van der Waals surface area contributed by atoms with Gasteiger partial charge in [-0.2, -0.15) is 0 Å². The predicted octanol–water partition coefficient (Wildman–Crippen LogP) is 2.96. The van der Waals surface area contributed by atoms with E-state index in [0.717, 1.165) is 5.56 Å². The van der Waals surface area contributed by atoms with Crippen LogP contribution < -0.4 is 0 Å². The molecule has 7 heteroatoms. The first-order valence-electron chi connectivity index (χ1n) is 6.34. The van der Waals surface area contributed by atoms with E-state index >= 15 is 0 Å². The van der Waals surface area contributed by atoms with Crippen molar-refractivity contribution in [2.75, 3.05) is 11.9 Å². The number of H-pyrrole nitrogens is 1. The molecule has 1 aromatic heterocycles. The Hall–Kier alpha value is -2.15. The van der Waals surface area contributed by atoms with Crippen LogP contribution in [0.3, 0.4) is 0 Å². The van der Waals surface area contributed by atoms with Gasteiger partial charge in [0, 0.05) is 24.5 Å². The maximum atomic E-state index is 12.4. The highest BCUT2D eigenvalue weighted by molar-refractivity contribution is 9.09. The van der Waals surface area contributed by atoms with Gasteiger partial charge in [-0.1, -0.05) is 46.3 Å². The number of nitrogens with one attached hydrogen (secondary N) is 1. The van der Waals surface area contributed by atoms with Crippen LogP contribution in [0.1, 0.15) is 16.1 Å². The fraction of sp³-hybridized carbons (Fsp3) is 0.214. The van der Waals surface area contributed by atoms with Crippen LogP contribution >= 0.6 is 15.9 Å². The summed E-state index contributed by atoms with van der Waals surface area (Å²) in [5.74, 6) is -0.258. The highest BCUT2D eigenvalue weighted by atomic mass is 79.9. The van der Waals surface area contributed by atoms with E-state index in [2.05, 4.69) is 20.9 Å². The minimum absolute atomic E-state index is 0.114. The molecule has 0 atom stereocenters. The molecule has 6 nitrogen and oxygen atoms in total. The van der Waals surface area contributed by atoms with Crippen molar-refractivity contribution in [3.63, 3.8) is 0 Å². The van der Waals surface area contributed by atoms with E-state index in [4.69, 9.17) is 0 Å². The smallest absolute Gasteiger partial charge is 0.287 e. The van der Waals surface area contributed by atoms with Crippen molar-refractivity contribution >= 4 is 27.5 Å². The molecule has 0 aliphatic carbocycles. The van der Waals surface area contributed by atoms with E-state index in [0.29, 0.717) is 18.4 Å². The molecule has 1 N–H and O–H groups in total. The molecule has 1 aromatic carbocycles. The zero-order valence-corrected chi connectivity index (χ0v) is 12.7. The Balaban J connectivity index is 2.16. The number of carbonyl (C=O) groups excluding carboxylic acids is 1. The molecule has 0 unspecified atom stereocenters. The minimum atomic E-state index is -0.528. The predicted molar refractivity (Wildman–Crippen MR) is 82.4 cm³/mol. The lowest BCUT2D eigenvalue weighted by molar-refractivity contribution is -0.384. The molecule has 2 aromatic rings. The van der Waals surface area contributed by atoms with E-state index in [1.54, 1.807) is 4.90 Å². The van der Waals surface area contributed by atoms with E-state index in [9.17, 15) is 14.9 Å². The number of rotatable bonds is 6. The first-order chi connectivity index (χ1) is 10.1. The number of hydrogen-bond acceptors (Lipinski definition) is 3. The van der Waals surface area contributed by atoms with E-state index in [-0.39, 0.29) is 17.3 Å². The second-order valence-corrected chi connectivity index (χ2v) is 5.22. The molecule has 0 fully saturated rings. The number of carbonyl (C=O) groups is 1. The molecule has 0 aliphatic rings. The molecule has 0 saturated carbocycles. The topological polar surface area (TPSA) is 79.2 Å². The van der Waals surface area contributed by atoms with Gasteiger partial charge in [-0.3, -0.25) is 14.9 Å². The number of alkyl halides is 1. The van der Waals surface area contributed by atoms with Crippen molar-refractivity contribution in [2.45, 2.75) is 6.54 Å². The summed E-state index contributed by atoms with van der Waals surface area (Å²) in [6.45, 7) is 0.971. The summed E-state index contributed by atoms with van der Waals surface area (Å²) in [6, 6.07) is 10.9. The van der Waals surface area contributed by atoms with Crippen LogP contribution in [0.25, 0.3) is 0 Å². The lowest BCUT2D eigenvalue weighted by Gasteiger charge is -2.21. The van der Waals surface area contributed by atoms with Gasteiger partial charge in [-0.15, -0.1) is 0 Å². The van der Waals surface area contributed by atoms with Gasteiger partial charge in [0.25, 0.3) is 11.6 Å². The summed E-state index contributed by atoms with van der Waals surface area (Å²) in [5.41, 5.74) is 1.11. The number of benzene rings is 1. The largest absolute Gasteiger partial charge is 0.351 e. The minimum Gasteiger partial charge on any atom is -0.351 e. The summed E-state index contributed by atoms with van der Waals surface area (Å²) in [6.07, 6.45) is 1.22. The summed E-state index contributed by atoms with van der Waals surface area (Å²) in [5, 5.41) is 11.3. The zero-order valence-electron chi connectivity index (χ0n) is 11.2. The van der Waals surface area contributed by atoms with Gasteiger partial charge in [-0.05, 0) is 5.56 Å². The average molecular weight is 352 g/mol. The van der Waals surface area contributed by atoms with Crippen LogP contribution in [0.15, 0.2) is 42.6 Å². The third kappa shape index (κ3) is 3.91. The molecule has 1 heterocycles. The molecular weight excluding hydrogens is 338 g/mol. The highest BCUT2D eigenvalue weighted by Crippen LogP contribution is 2.15. The first-order valence-corrected chi connectivity index (χ1v) is 7.46. The molecule has 0 bridgehead atoms. The van der Waals surface area contributed by atoms with Crippen LogP contribution in [-0.2, 0) is 6.54 Å². The standard InChI is InChI=1S/C14H14BrN3O3/c15-6-7-17(10-11-4-2-1-3-5-11)14(19)13-8-12(9-16-13)18(20)21/h1-5,8-9,16H,6-7,10H2. The normalized spacial score (nSPS) is 10.3. The van der Waals surface area contributed by atoms with Crippen molar-refractivity contribution in [1.29, 1.82) is 0 Å². The Labute approximate surface area is 130 Å². The number of halogens is 1. The molecule has 21 heavy (non-hydrogen) atoms. The summed E-state index contributed by atoms with van der Waals surface area (Å²) >= 11 is 3.32. The van der Waals surface area contributed by atoms with Crippen LogP contribution in [-0.4, -0.2) is 32.6 Å². The summed E-state index contributed by atoms with van der Waals surface area (Å²) < 4.78 is 0. The van der Waals surface area contributed by atoms with Crippen molar-refractivity contribution < 1.29 is 9.72 Å². The highest BCUT2D eigenvalue weighted by Gasteiger charge is 2.20. The molecule has 110 valence electrons. The number of aromatic nitrogens is 1. The summed E-state index contributed by atoms with van der Waals surface area (Å²) in [7, 11) is 0. The van der Waals surface area contributed by atoms with Gasteiger partial charge in [-0.25, -0.2) is 0 Å². The second kappa shape index (κ2) is 7.03. The number of nitro groups is 1. The number of aromatic amines is 1. The van der Waals surface area contributed by atoms with Crippen molar-refractivity contribution in [3.8, 4) is 0 Å². The SMILES string of the molecule is O=C(c1cc([N+](=O)[O-])c[nH]1)N(CCBr)Cc1ccccc1. The van der Waals surface area contributed by atoms with E-state index in [1.807, 2.05) is 30.3 Å². The van der Waals surface area contributed by atoms with E-state index < -0.39 is 4.92 Å². The van der Waals surface area contributed by atoms with Gasteiger partial charge < -0.3 is 9.88 Å². The molecule has 0 spiro atoms. The third-order valence-corrected chi connectivity index (χ3v) is 3.32. The number of nitrogens with zero attached hydrogens (tertiary/aromatic N) is 2. The Morgan fingerprint density at radius 2 is 2.05 bits per heavy atom. The molecule has 0 aliphatic heterocycles. The lowest BCUT2D eigenvalue weighted by Crippen LogP contribution is -2.32. The zero-order chi connectivity index (χ0) is 15.2. The third-order valence-electron chi connectivity index (χ3n) is 2.97. The average Bonchev–Trinajstić information content (AvgIpc) is 2.97.